The molecule has 0 bridgehead atoms. The lowest BCUT2D eigenvalue weighted by molar-refractivity contribution is -0.123. The molecular weight excluding hydrogens is 230 g/mol. The van der Waals surface area contributed by atoms with E-state index in [9.17, 15) is 13.2 Å². The molecule has 0 radical (unpaired) electrons. The second kappa shape index (κ2) is 4.68. The van der Waals surface area contributed by atoms with Crippen LogP contribution in [0.2, 0.25) is 0 Å². The van der Waals surface area contributed by atoms with E-state index in [2.05, 4.69) is 0 Å². The minimum absolute atomic E-state index is 0.490. The van der Waals surface area contributed by atoms with Gasteiger partial charge < -0.3 is 0 Å². The second-order valence-electron chi connectivity index (χ2n) is 4.45. The highest BCUT2D eigenvalue weighted by molar-refractivity contribution is 7.91. The number of hydrogen-bond donors (Lipinski definition) is 2. The van der Waals surface area contributed by atoms with Crippen molar-refractivity contribution < 1.29 is 13.2 Å². The van der Waals surface area contributed by atoms with Gasteiger partial charge in [-0.1, -0.05) is 6.42 Å². The molecule has 1 rings (SSSR count). The van der Waals surface area contributed by atoms with Crippen LogP contribution in [0.4, 0.5) is 0 Å². The molecule has 0 aromatic rings. The minimum Gasteiger partial charge on any atom is -0.293 e. The number of piperidine rings is 1. The van der Waals surface area contributed by atoms with Crippen LogP contribution in [0.5, 0.6) is 0 Å². The second-order valence-corrected chi connectivity index (χ2v) is 6.94. The third-order valence-corrected chi connectivity index (χ3v) is 5.50. The highest BCUT2D eigenvalue weighted by Gasteiger charge is 2.45. The fraction of sp³-hybridized carbons (Fsp3) is 0.889. The van der Waals surface area contributed by atoms with Gasteiger partial charge in [0.25, 0.3) is 5.91 Å². The number of rotatable bonds is 3. The highest BCUT2D eigenvalue weighted by atomic mass is 32.2. The van der Waals surface area contributed by atoms with E-state index in [1.165, 1.54) is 18.2 Å². The van der Waals surface area contributed by atoms with Crippen LogP contribution < -0.4 is 11.3 Å². The zero-order chi connectivity index (χ0) is 12.4. The van der Waals surface area contributed by atoms with Crippen LogP contribution in [0.1, 0.15) is 33.1 Å². The van der Waals surface area contributed by atoms with E-state index >= 15 is 0 Å². The van der Waals surface area contributed by atoms with Gasteiger partial charge in [-0.05, 0) is 26.7 Å². The monoisotopic (exact) mass is 249 g/mol. The Labute approximate surface area is 96.2 Å². The smallest absolute Gasteiger partial charge is 0.256 e. The van der Waals surface area contributed by atoms with Gasteiger partial charge in [0.2, 0.25) is 10.0 Å². The topological polar surface area (TPSA) is 92.5 Å². The maximum absolute atomic E-state index is 12.2. The van der Waals surface area contributed by atoms with Crippen LogP contribution in [-0.2, 0) is 14.8 Å². The SMILES string of the molecule is CC(C)(C(=O)NN)S(=O)(=O)N1CCCCC1. The molecule has 16 heavy (non-hydrogen) atoms. The van der Waals surface area contributed by atoms with Crippen molar-refractivity contribution in [3.63, 3.8) is 0 Å². The quantitative estimate of drug-likeness (QED) is 0.403. The maximum Gasteiger partial charge on any atom is 0.256 e. The lowest BCUT2D eigenvalue weighted by Gasteiger charge is -2.33. The molecule has 0 aliphatic carbocycles. The van der Waals surface area contributed by atoms with Crippen molar-refractivity contribution in [2.75, 3.05) is 13.1 Å². The Morgan fingerprint density at radius 3 is 2.19 bits per heavy atom. The predicted octanol–water partition coefficient (Wildman–Crippen LogP) is -0.429. The highest BCUT2D eigenvalue weighted by Crippen LogP contribution is 2.24. The Morgan fingerprint density at radius 2 is 1.75 bits per heavy atom. The van der Waals surface area contributed by atoms with E-state index in [0.717, 1.165) is 19.3 Å². The van der Waals surface area contributed by atoms with Crippen LogP contribution in [0.25, 0.3) is 0 Å². The van der Waals surface area contributed by atoms with Crippen molar-refractivity contribution in [3.05, 3.63) is 0 Å². The van der Waals surface area contributed by atoms with Gasteiger partial charge in [-0.15, -0.1) is 0 Å². The Kier molecular flexibility index (Phi) is 3.92. The van der Waals surface area contributed by atoms with Crippen molar-refractivity contribution in [2.45, 2.75) is 37.9 Å². The van der Waals surface area contributed by atoms with Gasteiger partial charge >= 0.3 is 0 Å². The molecule has 0 saturated carbocycles. The fourth-order valence-corrected chi connectivity index (χ4v) is 3.40. The molecule has 0 aromatic heterocycles. The molecule has 1 aliphatic rings. The third kappa shape index (κ3) is 2.21. The summed E-state index contributed by atoms with van der Waals surface area (Å²) < 4.78 is 24.3. The normalized spacial score (nSPS) is 19.4. The van der Waals surface area contributed by atoms with E-state index in [4.69, 9.17) is 5.84 Å². The van der Waals surface area contributed by atoms with E-state index in [-0.39, 0.29) is 0 Å². The molecule has 1 saturated heterocycles. The van der Waals surface area contributed by atoms with Crippen LogP contribution in [-0.4, -0.2) is 36.5 Å². The zero-order valence-electron chi connectivity index (χ0n) is 9.69. The van der Waals surface area contributed by atoms with Gasteiger partial charge in [0.15, 0.2) is 4.75 Å². The van der Waals surface area contributed by atoms with Crippen LogP contribution >= 0.6 is 0 Å². The van der Waals surface area contributed by atoms with Gasteiger partial charge in [0.1, 0.15) is 0 Å². The van der Waals surface area contributed by atoms with Crippen LogP contribution in [0.15, 0.2) is 0 Å². The number of hydrogen-bond acceptors (Lipinski definition) is 4. The molecule has 94 valence electrons. The number of carbonyl (C=O) groups excluding carboxylic acids is 1. The summed E-state index contributed by atoms with van der Waals surface area (Å²) in [5.41, 5.74) is 1.91. The lowest BCUT2D eigenvalue weighted by Crippen LogP contribution is -2.56. The number of nitrogens with two attached hydrogens (primary N) is 1. The number of sulfonamides is 1. The molecule has 1 aliphatic heterocycles. The molecule has 0 unspecified atom stereocenters. The average molecular weight is 249 g/mol. The number of hydrazine groups is 1. The molecule has 0 spiro atoms. The van der Waals surface area contributed by atoms with Crippen LogP contribution in [0, 0.1) is 0 Å². The van der Waals surface area contributed by atoms with Crippen molar-refractivity contribution in [1.29, 1.82) is 0 Å². The summed E-state index contributed by atoms with van der Waals surface area (Å²) in [6, 6.07) is 0. The van der Waals surface area contributed by atoms with Crippen molar-refractivity contribution >= 4 is 15.9 Å². The molecule has 1 amide bonds. The van der Waals surface area contributed by atoms with Gasteiger partial charge in [0.05, 0.1) is 0 Å². The first kappa shape index (κ1) is 13.4. The molecule has 3 N–H and O–H groups in total. The average Bonchev–Trinajstić information content (AvgIpc) is 2.28. The summed E-state index contributed by atoms with van der Waals surface area (Å²) in [4.78, 5) is 11.5. The van der Waals surface area contributed by atoms with E-state index in [1.54, 1.807) is 0 Å². The van der Waals surface area contributed by atoms with Crippen molar-refractivity contribution in [1.82, 2.24) is 9.73 Å². The Bertz CT molecular complexity index is 358. The van der Waals surface area contributed by atoms with Gasteiger partial charge in [-0.25, -0.2) is 18.6 Å². The molecule has 0 aromatic carbocycles. The van der Waals surface area contributed by atoms with Crippen molar-refractivity contribution in [2.24, 2.45) is 5.84 Å². The molecule has 1 heterocycles. The maximum atomic E-state index is 12.2. The first-order valence-corrected chi connectivity index (χ1v) is 6.79. The van der Waals surface area contributed by atoms with E-state index in [1.807, 2.05) is 5.43 Å². The number of nitrogens with one attached hydrogen (secondary N) is 1. The Balaban J connectivity index is 2.95. The summed E-state index contributed by atoms with van der Waals surface area (Å²) in [6.07, 6.45) is 2.73. The number of carbonyl (C=O) groups is 1. The number of amides is 1. The first-order chi connectivity index (χ1) is 7.34. The fourth-order valence-electron chi connectivity index (χ4n) is 1.72. The largest absolute Gasteiger partial charge is 0.293 e. The summed E-state index contributed by atoms with van der Waals surface area (Å²) in [7, 11) is -3.63. The predicted molar refractivity (Wildman–Crippen MR) is 60.8 cm³/mol. The first-order valence-electron chi connectivity index (χ1n) is 5.35. The molecule has 1 fully saturated rings. The lowest BCUT2D eigenvalue weighted by atomic mass is 10.2. The molecule has 7 heteroatoms. The van der Waals surface area contributed by atoms with E-state index in [0.29, 0.717) is 13.1 Å². The molecular formula is C9H19N3O3S. The Hall–Kier alpha value is -0.660. The summed E-state index contributed by atoms with van der Waals surface area (Å²) in [6.45, 7) is 3.73. The minimum atomic E-state index is -3.63. The van der Waals surface area contributed by atoms with Crippen molar-refractivity contribution in [3.8, 4) is 0 Å². The number of nitrogens with zero attached hydrogens (tertiary/aromatic N) is 1. The van der Waals surface area contributed by atoms with Gasteiger partial charge in [0, 0.05) is 13.1 Å². The summed E-state index contributed by atoms with van der Waals surface area (Å²) in [5.74, 6) is 4.32. The third-order valence-electron chi connectivity index (χ3n) is 2.98. The Morgan fingerprint density at radius 1 is 1.25 bits per heavy atom. The van der Waals surface area contributed by atoms with Gasteiger partial charge in [-0.2, -0.15) is 0 Å². The summed E-state index contributed by atoms with van der Waals surface area (Å²) >= 11 is 0. The molecule has 6 nitrogen and oxygen atoms in total. The van der Waals surface area contributed by atoms with E-state index < -0.39 is 20.7 Å². The zero-order valence-corrected chi connectivity index (χ0v) is 10.5. The summed E-state index contributed by atoms with van der Waals surface area (Å²) in [5, 5.41) is 0. The molecule has 0 atom stereocenters. The standard InChI is InChI=1S/C9H19N3O3S/c1-9(2,8(13)11-10)16(14,15)12-6-4-3-5-7-12/h3-7,10H2,1-2H3,(H,11,13). The van der Waals surface area contributed by atoms with Crippen LogP contribution in [0.3, 0.4) is 0 Å². The van der Waals surface area contributed by atoms with Gasteiger partial charge in [-0.3, -0.25) is 10.2 Å².